The minimum Gasteiger partial charge on any atom is -0.311 e. The Morgan fingerprint density at radius 2 is 0.842 bits per heavy atom. The van der Waals surface area contributed by atoms with Crippen LogP contribution in [0.3, 0.4) is 0 Å². The Kier molecular flexibility index (Phi) is 9.46. The molecule has 3 nitrogen and oxygen atoms in total. The summed E-state index contributed by atoms with van der Waals surface area (Å²) in [7, 11) is 0. The van der Waals surface area contributed by atoms with Crippen LogP contribution in [-0.2, 0) is 16.2 Å². The van der Waals surface area contributed by atoms with E-state index in [4.69, 9.17) is 8.22 Å². The van der Waals surface area contributed by atoms with E-state index in [1.807, 2.05) is 42.5 Å². The lowest BCUT2D eigenvalue weighted by Crippen LogP contribution is -2.61. The van der Waals surface area contributed by atoms with E-state index >= 15 is 0 Å². The summed E-state index contributed by atoms with van der Waals surface area (Å²) in [6.07, 6.45) is 0. The number of hydrogen-bond acceptors (Lipinski definition) is 3. The Morgan fingerprint density at radius 1 is 0.355 bits per heavy atom. The van der Waals surface area contributed by atoms with E-state index in [0.717, 1.165) is 78.3 Å². The zero-order valence-corrected chi connectivity index (χ0v) is 44.7. The highest BCUT2D eigenvalue weighted by molar-refractivity contribution is 7.00. The van der Waals surface area contributed by atoms with Crippen molar-refractivity contribution in [1.82, 2.24) is 0 Å². The maximum Gasteiger partial charge on any atom is 0.252 e. The summed E-state index contributed by atoms with van der Waals surface area (Å²) in [6.45, 7) is 19.5. The Hall–Kier alpha value is -8.34. The highest BCUT2D eigenvalue weighted by atomic mass is 15.2. The molecular formula is C72H66BN3. The first kappa shape index (κ1) is 38.3. The second-order valence-corrected chi connectivity index (χ2v) is 23.1. The second-order valence-electron chi connectivity index (χ2n) is 23.1. The molecular weight excluding hydrogens is 918 g/mol. The van der Waals surface area contributed by atoms with Crippen molar-refractivity contribution in [2.45, 2.75) is 78.6 Å². The number of anilines is 9. The highest BCUT2D eigenvalue weighted by Crippen LogP contribution is 2.53. The lowest BCUT2D eigenvalue weighted by atomic mass is 9.33. The van der Waals surface area contributed by atoms with Crippen LogP contribution in [0.1, 0.15) is 92.7 Å². The topological polar surface area (TPSA) is 9.72 Å². The normalized spacial score (nSPS) is 14.8. The molecule has 0 saturated carbocycles. The van der Waals surface area contributed by atoms with Crippen LogP contribution >= 0.6 is 0 Å². The standard InChI is InChI=1S/C72H66BN3/c1-70(2,3)52-37-41-56(42-38-52)74(55-31-20-13-21-32-55)57-47-66-68-67(48-57)76(69-58(49-25-14-10-15-26-49)33-24-34-59(69)50-27-16-11-17-28-50)64-36-23-22-35-61(64)73(68)62-46-54(72(7,8)9)40-44-65(62)75(66)63-43-39-53(71(4,5)6)45-60(63)51-29-18-12-19-30-51/h10-48H,1-9H3/i10D,11D,14D,15D,16D,17D,25D,26D,27D,28D. The molecule has 0 saturated heterocycles. The molecule has 0 amide bonds. The van der Waals surface area contributed by atoms with Crippen molar-refractivity contribution in [2.75, 3.05) is 14.7 Å². The Labute approximate surface area is 465 Å². The molecule has 0 aromatic heterocycles. The molecule has 372 valence electrons. The molecule has 0 atom stereocenters. The monoisotopic (exact) mass is 994 g/mol. The molecule has 0 fully saturated rings. The van der Waals surface area contributed by atoms with Gasteiger partial charge in [0.05, 0.1) is 30.8 Å². The predicted octanol–water partition coefficient (Wildman–Crippen LogP) is 18.1. The Bertz CT molecular complexity index is 4230. The molecule has 12 rings (SSSR count). The summed E-state index contributed by atoms with van der Waals surface area (Å²) in [4.78, 5) is 6.70. The minimum absolute atomic E-state index is 0.108. The quantitative estimate of drug-likeness (QED) is 0.141. The summed E-state index contributed by atoms with van der Waals surface area (Å²) in [5, 5.41) is 0. The Morgan fingerprint density at radius 3 is 1.43 bits per heavy atom. The third-order valence-electron chi connectivity index (χ3n) is 15.1. The maximum atomic E-state index is 9.62. The average molecular weight is 994 g/mol. The van der Waals surface area contributed by atoms with Gasteiger partial charge >= 0.3 is 0 Å². The van der Waals surface area contributed by atoms with Crippen molar-refractivity contribution in [3.05, 3.63) is 253 Å². The number of nitrogens with zero attached hydrogens (tertiary/aromatic N) is 3. The highest BCUT2D eigenvalue weighted by Gasteiger charge is 2.45. The van der Waals surface area contributed by atoms with Gasteiger partial charge < -0.3 is 14.7 Å². The first-order chi connectivity index (χ1) is 40.8. The molecule has 0 aliphatic carbocycles. The molecule has 10 aromatic carbocycles. The molecule has 2 heterocycles. The second kappa shape index (κ2) is 18.8. The van der Waals surface area contributed by atoms with Crippen molar-refractivity contribution < 1.29 is 13.7 Å². The van der Waals surface area contributed by atoms with Gasteiger partial charge in [0.25, 0.3) is 6.71 Å². The summed E-state index contributed by atoms with van der Waals surface area (Å²) in [5.74, 6) is 0. The molecule has 0 unspecified atom stereocenters. The lowest BCUT2D eigenvalue weighted by Gasteiger charge is -2.46. The first-order valence-electron chi connectivity index (χ1n) is 31.2. The number of hydrogen-bond donors (Lipinski definition) is 0. The van der Waals surface area contributed by atoms with E-state index < -0.39 is 67.1 Å². The molecule has 0 spiro atoms. The fourth-order valence-electron chi connectivity index (χ4n) is 11.2. The SMILES string of the molecule is [2H]c1c([2H])c([2H])c(-c2cccc(-c3c([2H])c([2H])c([2H])c([2H])c3[2H])c2N2c3ccccc3B3c4cc(C(C)(C)C)ccc4N(c4ccc(C(C)(C)C)cc4-c4ccccc4)c4cc(N(c5ccccc5)c5ccc(C(C)(C)C)cc5)cc2c43)c([2H])c1[2H]. The smallest absolute Gasteiger partial charge is 0.252 e. The van der Waals surface area contributed by atoms with Gasteiger partial charge in [-0.2, -0.15) is 0 Å². The van der Waals surface area contributed by atoms with Crippen LogP contribution in [0, 0.1) is 0 Å². The van der Waals surface area contributed by atoms with Crippen LogP contribution < -0.4 is 31.1 Å². The van der Waals surface area contributed by atoms with E-state index in [1.165, 1.54) is 0 Å². The fourth-order valence-corrected chi connectivity index (χ4v) is 11.2. The Balaban J connectivity index is 1.31. The van der Waals surface area contributed by atoms with E-state index in [9.17, 15) is 5.48 Å². The van der Waals surface area contributed by atoms with Gasteiger partial charge in [-0.05, 0) is 127 Å². The van der Waals surface area contributed by atoms with Crippen molar-refractivity contribution in [1.29, 1.82) is 0 Å². The molecule has 10 aromatic rings. The largest absolute Gasteiger partial charge is 0.311 e. The first-order valence-corrected chi connectivity index (χ1v) is 26.2. The van der Waals surface area contributed by atoms with Crippen LogP contribution in [0.15, 0.2) is 236 Å². The molecule has 0 radical (unpaired) electrons. The van der Waals surface area contributed by atoms with E-state index in [1.54, 1.807) is 18.2 Å². The van der Waals surface area contributed by atoms with Gasteiger partial charge in [-0.25, -0.2) is 0 Å². The fraction of sp³-hybridized carbons (Fsp3) is 0.167. The van der Waals surface area contributed by atoms with E-state index in [-0.39, 0.29) is 44.2 Å². The summed E-state index contributed by atoms with van der Waals surface area (Å²) >= 11 is 0. The van der Waals surface area contributed by atoms with Crippen molar-refractivity contribution >= 4 is 74.3 Å². The summed E-state index contributed by atoms with van der Waals surface area (Å²) in [6, 6.07) is 55.5. The predicted molar refractivity (Wildman–Crippen MR) is 328 cm³/mol. The number of benzene rings is 10. The van der Waals surface area contributed by atoms with Gasteiger partial charge in [0.15, 0.2) is 0 Å². The molecule has 0 bridgehead atoms. The zero-order chi connectivity index (χ0) is 61.2. The van der Waals surface area contributed by atoms with Crippen LogP contribution in [0.4, 0.5) is 51.2 Å². The minimum atomic E-state index is -0.560. The summed E-state index contributed by atoms with van der Waals surface area (Å²) < 4.78 is 92.3. The van der Waals surface area contributed by atoms with E-state index in [2.05, 4.69) is 192 Å². The lowest BCUT2D eigenvalue weighted by molar-refractivity contribution is 0.590. The zero-order valence-electron chi connectivity index (χ0n) is 54.7. The molecule has 4 heteroatoms. The van der Waals surface area contributed by atoms with Crippen LogP contribution in [0.25, 0.3) is 33.4 Å². The third kappa shape index (κ3) is 8.60. The molecule has 0 N–H and O–H groups in total. The summed E-state index contributed by atoms with van der Waals surface area (Å²) in [5.41, 5.74) is 14.8. The number of fused-ring (bicyclic) bond motifs is 4. The van der Waals surface area contributed by atoms with E-state index in [0.29, 0.717) is 11.4 Å². The number of rotatable bonds is 8. The van der Waals surface area contributed by atoms with Gasteiger partial charge in [0.2, 0.25) is 0 Å². The van der Waals surface area contributed by atoms with Crippen molar-refractivity contribution in [3.63, 3.8) is 0 Å². The van der Waals surface area contributed by atoms with Crippen LogP contribution in [-0.4, -0.2) is 6.71 Å². The van der Waals surface area contributed by atoms with Crippen LogP contribution in [0.5, 0.6) is 0 Å². The van der Waals surface area contributed by atoms with Crippen LogP contribution in [0.2, 0.25) is 0 Å². The van der Waals surface area contributed by atoms with Gasteiger partial charge in [-0.15, -0.1) is 0 Å². The van der Waals surface area contributed by atoms with Gasteiger partial charge in [-0.1, -0.05) is 238 Å². The molecule has 2 aliphatic rings. The number of para-hydroxylation sites is 3. The van der Waals surface area contributed by atoms with Crippen molar-refractivity contribution in [3.8, 4) is 33.4 Å². The van der Waals surface area contributed by atoms with Gasteiger partial charge in [0, 0.05) is 50.8 Å². The molecule has 2 aliphatic heterocycles. The third-order valence-corrected chi connectivity index (χ3v) is 15.1. The molecule has 76 heavy (non-hydrogen) atoms. The van der Waals surface area contributed by atoms with Gasteiger partial charge in [0.1, 0.15) is 0 Å². The van der Waals surface area contributed by atoms with Crippen molar-refractivity contribution in [2.24, 2.45) is 0 Å². The van der Waals surface area contributed by atoms with Gasteiger partial charge in [-0.3, -0.25) is 0 Å². The average Bonchev–Trinajstić information content (AvgIpc) is 0.715. The maximum absolute atomic E-state index is 9.62.